The number of anilines is 2. The molecule has 0 aromatic carbocycles. The molecule has 0 aliphatic carbocycles. The largest absolute Gasteiger partial charge is 0.368 e. The van der Waals surface area contributed by atoms with Crippen LogP contribution in [0.3, 0.4) is 0 Å². The van der Waals surface area contributed by atoms with E-state index in [1.807, 2.05) is 30.0 Å². The van der Waals surface area contributed by atoms with Crippen LogP contribution in [-0.2, 0) is 0 Å². The number of piperazine rings is 1. The third-order valence-electron chi connectivity index (χ3n) is 3.73. The van der Waals surface area contributed by atoms with Crippen molar-refractivity contribution < 1.29 is 0 Å². The van der Waals surface area contributed by atoms with Crippen molar-refractivity contribution >= 4 is 27.1 Å². The zero-order chi connectivity index (χ0) is 14.2. The van der Waals surface area contributed by atoms with Crippen molar-refractivity contribution in [1.29, 1.82) is 0 Å². The van der Waals surface area contributed by atoms with Crippen LogP contribution in [0.25, 0.3) is 4.96 Å². The lowest BCUT2D eigenvalue weighted by Gasteiger charge is -2.35. The maximum Gasteiger partial charge on any atom is 0.214 e. The average Bonchev–Trinajstić information content (AvgIpc) is 3.06. The first-order chi connectivity index (χ1) is 10.3. The molecular weight excluding hydrogens is 284 g/mol. The summed E-state index contributed by atoms with van der Waals surface area (Å²) >= 11 is 1.66. The first-order valence-corrected chi connectivity index (χ1v) is 7.84. The Balaban J connectivity index is 1.48. The standard InChI is InChI=1S/C14H16N6S/c1-11-10-20-13(16-11)21-14(17-20)19-8-6-18(7-9-19)12-2-4-15-5-3-12/h2-5,10H,6-9H2,1H3. The maximum atomic E-state index is 4.63. The topological polar surface area (TPSA) is 49.6 Å². The summed E-state index contributed by atoms with van der Waals surface area (Å²) < 4.78 is 1.88. The number of hydrogen-bond acceptors (Lipinski definition) is 6. The van der Waals surface area contributed by atoms with E-state index in [1.165, 1.54) is 5.69 Å². The number of hydrogen-bond donors (Lipinski definition) is 0. The molecule has 7 heteroatoms. The van der Waals surface area contributed by atoms with Gasteiger partial charge in [-0.2, -0.15) is 0 Å². The molecule has 0 spiro atoms. The molecular formula is C14H16N6S. The molecule has 1 aliphatic rings. The Morgan fingerprint density at radius 2 is 1.76 bits per heavy atom. The highest BCUT2D eigenvalue weighted by molar-refractivity contribution is 7.20. The van der Waals surface area contributed by atoms with Gasteiger partial charge in [0.05, 0.1) is 11.9 Å². The van der Waals surface area contributed by atoms with E-state index in [2.05, 4.69) is 37.0 Å². The second-order valence-corrected chi connectivity index (χ2v) is 6.11. The Kier molecular flexibility index (Phi) is 2.99. The van der Waals surface area contributed by atoms with Gasteiger partial charge in [-0.25, -0.2) is 9.50 Å². The monoisotopic (exact) mass is 300 g/mol. The average molecular weight is 300 g/mol. The fraction of sp³-hybridized carbons (Fsp3) is 0.357. The molecule has 4 heterocycles. The van der Waals surface area contributed by atoms with Crippen LogP contribution in [0.15, 0.2) is 30.7 Å². The molecule has 3 aromatic heterocycles. The third-order valence-corrected chi connectivity index (χ3v) is 4.71. The van der Waals surface area contributed by atoms with Crippen molar-refractivity contribution in [3.05, 3.63) is 36.4 Å². The number of rotatable bonds is 2. The van der Waals surface area contributed by atoms with Crippen LogP contribution >= 0.6 is 11.3 Å². The van der Waals surface area contributed by atoms with Crippen molar-refractivity contribution in [2.45, 2.75) is 6.92 Å². The third kappa shape index (κ3) is 2.33. The normalized spacial score (nSPS) is 15.9. The van der Waals surface area contributed by atoms with Gasteiger partial charge in [0.25, 0.3) is 0 Å². The minimum Gasteiger partial charge on any atom is -0.368 e. The lowest BCUT2D eigenvalue weighted by molar-refractivity contribution is 0.648. The van der Waals surface area contributed by atoms with Gasteiger partial charge in [0.2, 0.25) is 10.1 Å². The highest BCUT2D eigenvalue weighted by Gasteiger charge is 2.20. The minimum absolute atomic E-state index is 0.971. The van der Waals surface area contributed by atoms with Crippen molar-refractivity contribution in [1.82, 2.24) is 19.6 Å². The summed E-state index contributed by atoms with van der Waals surface area (Å²) in [5.74, 6) is 0. The summed E-state index contributed by atoms with van der Waals surface area (Å²) in [6.07, 6.45) is 5.67. The molecule has 1 saturated heterocycles. The van der Waals surface area contributed by atoms with Gasteiger partial charge >= 0.3 is 0 Å². The zero-order valence-electron chi connectivity index (χ0n) is 11.8. The van der Waals surface area contributed by atoms with E-state index in [9.17, 15) is 0 Å². The highest BCUT2D eigenvalue weighted by atomic mass is 32.1. The summed E-state index contributed by atoms with van der Waals surface area (Å²) in [7, 11) is 0. The number of pyridine rings is 1. The number of nitrogens with zero attached hydrogens (tertiary/aromatic N) is 6. The molecule has 6 nitrogen and oxygen atoms in total. The molecule has 0 amide bonds. The first-order valence-electron chi connectivity index (χ1n) is 7.02. The molecule has 0 bridgehead atoms. The van der Waals surface area contributed by atoms with Gasteiger partial charge in [-0.1, -0.05) is 11.3 Å². The first kappa shape index (κ1) is 12.6. The van der Waals surface area contributed by atoms with Crippen LogP contribution in [0.4, 0.5) is 10.8 Å². The van der Waals surface area contributed by atoms with E-state index >= 15 is 0 Å². The zero-order valence-corrected chi connectivity index (χ0v) is 12.6. The van der Waals surface area contributed by atoms with E-state index in [1.54, 1.807) is 11.3 Å². The van der Waals surface area contributed by atoms with Crippen LogP contribution in [0.1, 0.15) is 5.69 Å². The molecule has 3 aromatic rings. The lowest BCUT2D eigenvalue weighted by Crippen LogP contribution is -2.46. The summed E-state index contributed by atoms with van der Waals surface area (Å²) in [6.45, 7) is 5.97. The molecule has 108 valence electrons. The number of fused-ring (bicyclic) bond motifs is 1. The molecule has 0 atom stereocenters. The Morgan fingerprint density at radius 1 is 1.05 bits per heavy atom. The molecule has 0 saturated carbocycles. The van der Waals surface area contributed by atoms with Crippen molar-refractivity contribution in [2.24, 2.45) is 0 Å². The summed E-state index contributed by atoms with van der Waals surface area (Å²) in [5, 5.41) is 5.69. The van der Waals surface area contributed by atoms with Gasteiger partial charge in [0.1, 0.15) is 0 Å². The van der Waals surface area contributed by atoms with Crippen LogP contribution in [0.2, 0.25) is 0 Å². The van der Waals surface area contributed by atoms with Crippen molar-refractivity contribution in [2.75, 3.05) is 36.0 Å². The summed E-state index contributed by atoms with van der Waals surface area (Å²) in [6, 6.07) is 4.13. The van der Waals surface area contributed by atoms with Gasteiger partial charge in [-0.05, 0) is 19.1 Å². The maximum absolute atomic E-state index is 4.63. The van der Waals surface area contributed by atoms with Gasteiger partial charge in [-0.3, -0.25) is 4.98 Å². The van der Waals surface area contributed by atoms with Gasteiger partial charge in [0.15, 0.2) is 0 Å². The molecule has 0 radical (unpaired) electrons. The van der Waals surface area contributed by atoms with Crippen LogP contribution < -0.4 is 9.80 Å². The quantitative estimate of drug-likeness (QED) is 0.722. The van der Waals surface area contributed by atoms with E-state index in [-0.39, 0.29) is 0 Å². The van der Waals surface area contributed by atoms with Crippen LogP contribution in [0, 0.1) is 6.92 Å². The predicted molar refractivity (Wildman–Crippen MR) is 84.3 cm³/mol. The molecule has 1 fully saturated rings. The second kappa shape index (κ2) is 5.00. The molecule has 1 aliphatic heterocycles. The molecule has 4 rings (SSSR count). The smallest absolute Gasteiger partial charge is 0.214 e. The fourth-order valence-corrected chi connectivity index (χ4v) is 3.62. The van der Waals surface area contributed by atoms with Crippen molar-refractivity contribution in [3.63, 3.8) is 0 Å². The Bertz CT molecular complexity index is 710. The number of aromatic nitrogens is 4. The lowest BCUT2D eigenvalue weighted by atomic mass is 10.3. The Hall–Kier alpha value is -2.15. The highest BCUT2D eigenvalue weighted by Crippen LogP contribution is 2.25. The number of aryl methyl sites for hydroxylation is 1. The Labute approximate surface area is 126 Å². The van der Waals surface area contributed by atoms with Crippen LogP contribution in [-0.4, -0.2) is 45.8 Å². The SMILES string of the molecule is Cc1cn2nc(N3CCN(c4ccncc4)CC3)sc2n1. The van der Waals surface area contributed by atoms with Gasteiger partial charge in [0, 0.05) is 44.3 Å². The van der Waals surface area contributed by atoms with Crippen LogP contribution in [0.5, 0.6) is 0 Å². The van der Waals surface area contributed by atoms with Gasteiger partial charge < -0.3 is 9.80 Å². The second-order valence-electron chi connectivity index (χ2n) is 5.17. The summed E-state index contributed by atoms with van der Waals surface area (Å²) in [4.78, 5) is 14.2. The summed E-state index contributed by atoms with van der Waals surface area (Å²) in [5.41, 5.74) is 2.26. The van der Waals surface area contributed by atoms with E-state index in [0.717, 1.165) is 42.0 Å². The van der Waals surface area contributed by atoms with E-state index in [0.29, 0.717) is 0 Å². The molecule has 0 N–H and O–H groups in total. The fourth-order valence-electron chi connectivity index (χ4n) is 2.64. The molecule has 0 unspecified atom stereocenters. The molecule has 21 heavy (non-hydrogen) atoms. The predicted octanol–water partition coefficient (Wildman–Crippen LogP) is 1.82. The number of imidazole rings is 1. The van der Waals surface area contributed by atoms with E-state index in [4.69, 9.17) is 0 Å². The van der Waals surface area contributed by atoms with E-state index < -0.39 is 0 Å². The Morgan fingerprint density at radius 3 is 2.48 bits per heavy atom. The minimum atomic E-state index is 0.971. The van der Waals surface area contributed by atoms with Gasteiger partial charge in [-0.15, -0.1) is 5.10 Å². The van der Waals surface area contributed by atoms with Crippen molar-refractivity contribution in [3.8, 4) is 0 Å².